The Balaban J connectivity index is 2.13. The molecule has 1 aliphatic heterocycles. The van der Waals surface area contributed by atoms with Crippen molar-refractivity contribution in [2.45, 2.75) is 32.7 Å². The summed E-state index contributed by atoms with van der Waals surface area (Å²) >= 11 is 0. The van der Waals surface area contributed by atoms with Gasteiger partial charge < -0.3 is 4.90 Å². The topological polar surface area (TPSA) is 3.24 Å². The largest absolute Gasteiger partial charge is 0.303 e. The number of nitrogens with zero attached hydrogens (tertiary/aromatic N) is 1. The van der Waals surface area contributed by atoms with Crippen molar-refractivity contribution in [3.63, 3.8) is 0 Å². The summed E-state index contributed by atoms with van der Waals surface area (Å²) in [5.41, 5.74) is 0. The summed E-state index contributed by atoms with van der Waals surface area (Å²) < 4.78 is 0. The average Bonchev–Trinajstić information content (AvgIpc) is 1.79. The van der Waals surface area contributed by atoms with Crippen molar-refractivity contribution in [2.24, 2.45) is 5.92 Å². The van der Waals surface area contributed by atoms with Gasteiger partial charge in [0.1, 0.15) is 0 Å². The molecule has 0 radical (unpaired) electrons. The van der Waals surface area contributed by atoms with E-state index in [1.807, 2.05) is 0 Å². The minimum Gasteiger partial charge on any atom is -0.303 e. The predicted molar refractivity (Wildman–Crippen MR) is 40.5 cm³/mol. The molecule has 0 aliphatic carbocycles. The van der Waals surface area contributed by atoms with E-state index in [0.717, 1.165) is 12.0 Å². The Labute approximate surface area is 58.0 Å². The first-order chi connectivity index (χ1) is 4.20. The molecule has 0 amide bonds. The fraction of sp³-hybridized carbons (Fsp3) is 1.00. The molecule has 1 heterocycles. The molecule has 0 saturated carbocycles. The van der Waals surface area contributed by atoms with E-state index in [0.29, 0.717) is 0 Å². The van der Waals surface area contributed by atoms with Crippen LogP contribution in [0, 0.1) is 5.92 Å². The van der Waals surface area contributed by atoms with Gasteiger partial charge in [-0.25, -0.2) is 0 Å². The van der Waals surface area contributed by atoms with E-state index < -0.39 is 0 Å². The first-order valence-corrected chi connectivity index (χ1v) is 3.90. The van der Waals surface area contributed by atoms with Gasteiger partial charge in [0.15, 0.2) is 0 Å². The van der Waals surface area contributed by atoms with Crippen molar-refractivity contribution < 1.29 is 0 Å². The lowest BCUT2D eigenvalue weighted by molar-refractivity contribution is 0.107. The maximum absolute atomic E-state index is 2.44. The van der Waals surface area contributed by atoms with Crippen LogP contribution in [0.25, 0.3) is 0 Å². The Kier molecular flexibility index (Phi) is 2.12. The zero-order valence-electron chi connectivity index (χ0n) is 6.72. The van der Waals surface area contributed by atoms with E-state index in [2.05, 4.69) is 25.8 Å². The highest BCUT2D eigenvalue weighted by molar-refractivity contribution is 4.79. The maximum atomic E-state index is 2.44. The molecule has 0 bridgehead atoms. The highest BCUT2D eigenvalue weighted by atomic mass is 15.2. The Morgan fingerprint density at radius 2 is 2.22 bits per heavy atom. The lowest BCUT2D eigenvalue weighted by atomic mass is 9.94. The summed E-state index contributed by atoms with van der Waals surface area (Å²) in [5.74, 6) is 0.873. The van der Waals surface area contributed by atoms with Crippen LogP contribution in [0.3, 0.4) is 0 Å². The van der Waals surface area contributed by atoms with Crippen LogP contribution in [0.15, 0.2) is 0 Å². The van der Waals surface area contributed by atoms with Gasteiger partial charge in [0.2, 0.25) is 0 Å². The van der Waals surface area contributed by atoms with Gasteiger partial charge in [-0.2, -0.15) is 0 Å². The molecule has 1 fully saturated rings. The highest BCUT2D eigenvalue weighted by Gasteiger charge is 2.23. The second kappa shape index (κ2) is 2.70. The van der Waals surface area contributed by atoms with E-state index in [1.54, 1.807) is 0 Å². The molecule has 0 spiro atoms. The van der Waals surface area contributed by atoms with Crippen molar-refractivity contribution in [3.8, 4) is 0 Å². The molecule has 0 aromatic heterocycles. The quantitative estimate of drug-likeness (QED) is 0.546. The number of rotatable bonds is 2. The third-order valence-electron chi connectivity index (χ3n) is 2.18. The van der Waals surface area contributed by atoms with E-state index in [1.165, 1.54) is 19.4 Å². The number of hydrogen-bond donors (Lipinski definition) is 0. The molecule has 54 valence electrons. The molecule has 1 heteroatoms. The standard InChI is InChI=1S/C8H17N/c1-7(2)6-8-4-5-9(8)3/h7-8H,4-6H2,1-3H3/t8-/m1/s1. The summed E-state index contributed by atoms with van der Waals surface area (Å²) in [5, 5.41) is 0. The van der Waals surface area contributed by atoms with Crippen LogP contribution in [0.1, 0.15) is 26.7 Å². The van der Waals surface area contributed by atoms with Crippen molar-refractivity contribution in [2.75, 3.05) is 13.6 Å². The lowest BCUT2D eigenvalue weighted by Crippen LogP contribution is -2.45. The smallest absolute Gasteiger partial charge is 0.0107 e. The predicted octanol–water partition coefficient (Wildman–Crippen LogP) is 1.74. The first-order valence-electron chi connectivity index (χ1n) is 3.90. The minimum atomic E-state index is 0.873. The van der Waals surface area contributed by atoms with Crippen molar-refractivity contribution in [1.29, 1.82) is 0 Å². The molecule has 1 nitrogen and oxygen atoms in total. The number of hydrogen-bond acceptors (Lipinski definition) is 1. The molecule has 0 unspecified atom stereocenters. The molecular formula is C8H17N. The summed E-state index contributed by atoms with van der Waals surface area (Å²) in [6.45, 7) is 5.91. The summed E-state index contributed by atoms with van der Waals surface area (Å²) in [6, 6.07) is 0.907. The van der Waals surface area contributed by atoms with Gasteiger partial charge in [0, 0.05) is 6.04 Å². The highest BCUT2D eigenvalue weighted by Crippen LogP contribution is 2.21. The molecule has 0 N–H and O–H groups in total. The molecular weight excluding hydrogens is 110 g/mol. The van der Waals surface area contributed by atoms with Crippen LogP contribution >= 0.6 is 0 Å². The van der Waals surface area contributed by atoms with Crippen molar-refractivity contribution >= 4 is 0 Å². The van der Waals surface area contributed by atoms with Crippen molar-refractivity contribution in [1.82, 2.24) is 4.90 Å². The third-order valence-corrected chi connectivity index (χ3v) is 2.18. The fourth-order valence-electron chi connectivity index (χ4n) is 1.41. The molecule has 0 aromatic carbocycles. The maximum Gasteiger partial charge on any atom is 0.0107 e. The molecule has 1 atom stereocenters. The Morgan fingerprint density at radius 3 is 2.33 bits per heavy atom. The van der Waals surface area contributed by atoms with Gasteiger partial charge in [-0.3, -0.25) is 0 Å². The molecule has 0 aromatic rings. The van der Waals surface area contributed by atoms with Gasteiger partial charge in [0.25, 0.3) is 0 Å². The first kappa shape index (κ1) is 7.07. The van der Waals surface area contributed by atoms with Crippen LogP contribution in [0.2, 0.25) is 0 Å². The lowest BCUT2D eigenvalue weighted by Gasteiger charge is -2.38. The van der Waals surface area contributed by atoms with E-state index >= 15 is 0 Å². The van der Waals surface area contributed by atoms with Gasteiger partial charge in [0.05, 0.1) is 0 Å². The van der Waals surface area contributed by atoms with E-state index in [4.69, 9.17) is 0 Å². The molecule has 1 saturated heterocycles. The Morgan fingerprint density at radius 1 is 1.56 bits per heavy atom. The van der Waals surface area contributed by atoms with Crippen LogP contribution in [-0.2, 0) is 0 Å². The summed E-state index contributed by atoms with van der Waals surface area (Å²) in [4.78, 5) is 2.44. The number of likely N-dealkylation sites (tertiary alicyclic amines) is 1. The normalized spacial score (nSPS) is 28.7. The van der Waals surface area contributed by atoms with E-state index in [9.17, 15) is 0 Å². The van der Waals surface area contributed by atoms with Crippen LogP contribution < -0.4 is 0 Å². The fourth-order valence-corrected chi connectivity index (χ4v) is 1.41. The van der Waals surface area contributed by atoms with Gasteiger partial charge >= 0.3 is 0 Å². The minimum absolute atomic E-state index is 0.873. The average molecular weight is 127 g/mol. The van der Waals surface area contributed by atoms with Crippen LogP contribution in [0.4, 0.5) is 0 Å². The zero-order chi connectivity index (χ0) is 6.85. The van der Waals surface area contributed by atoms with Crippen LogP contribution in [0.5, 0.6) is 0 Å². The second-order valence-electron chi connectivity index (χ2n) is 3.55. The zero-order valence-corrected chi connectivity index (χ0v) is 6.72. The SMILES string of the molecule is CC(C)C[C@H]1CCN1C. The molecule has 1 aliphatic rings. The summed E-state index contributed by atoms with van der Waals surface area (Å²) in [7, 11) is 2.22. The van der Waals surface area contributed by atoms with Crippen LogP contribution in [-0.4, -0.2) is 24.5 Å². The molecule has 1 rings (SSSR count). The van der Waals surface area contributed by atoms with Gasteiger partial charge in [-0.05, 0) is 32.4 Å². The second-order valence-corrected chi connectivity index (χ2v) is 3.55. The van der Waals surface area contributed by atoms with E-state index in [-0.39, 0.29) is 0 Å². The Hall–Kier alpha value is -0.0400. The Bertz CT molecular complexity index is 88.6. The third kappa shape index (κ3) is 1.68. The summed E-state index contributed by atoms with van der Waals surface area (Å²) in [6.07, 6.45) is 2.81. The van der Waals surface area contributed by atoms with Gasteiger partial charge in [-0.15, -0.1) is 0 Å². The molecule has 9 heavy (non-hydrogen) atoms. The monoisotopic (exact) mass is 127 g/mol. The van der Waals surface area contributed by atoms with Gasteiger partial charge in [-0.1, -0.05) is 13.8 Å². The van der Waals surface area contributed by atoms with Crippen molar-refractivity contribution in [3.05, 3.63) is 0 Å².